The molecule has 1 fully saturated rings. The van der Waals surface area contributed by atoms with Gasteiger partial charge in [-0.25, -0.2) is 9.67 Å². The molecular weight excluding hydrogens is 462 g/mol. The van der Waals surface area contributed by atoms with Gasteiger partial charge < -0.3 is 9.47 Å². The summed E-state index contributed by atoms with van der Waals surface area (Å²) >= 11 is 1.70. The van der Waals surface area contributed by atoms with Crippen LogP contribution >= 0.6 is 11.3 Å². The van der Waals surface area contributed by atoms with Crippen LogP contribution in [0.2, 0.25) is 0 Å². The molecule has 0 radical (unpaired) electrons. The summed E-state index contributed by atoms with van der Waals surface area (Å²) in [4.78, 5) is 17.1. The summed E-state index contributed by atoms with van der Waals surface area (Å²) in [6, 6.07) is 17.4. The molecule has 0 saturated heterocycles. The second-order valence-corrected chi connectivity index (χ2v) is 9.67. The van der Waals surface area contributed by atoms with Gasteiger partial charge in [0.1, 0.15) is 25.3 Å². The first kappa shape index (κ1) is 23.2. The van der Waals surface area contributed by atoms with Crippen LogP contribution < -0.4 is 4.74 Å². The molecule has 9 heteroatoms. The molecule has 180 valence electrons. The van der Waals surface area contributed by atoms with E-state index in [0.29, 0.717) is 31.5 Å². The lowest BCUT2D eigenvalue weighted by atomic mass is 9.81. The van der Waals surface area contributed by atoms with Crippen LogP contribution in [0.25, 0.3) is 5.69 Å². The van der Waals surface area contributed by atoms with Crippen LogP contribution in [0.5, 0.6) is 5.75 Å². The smallest absolute Gasteiger partial charge is 0.306 e. The molecule has 2 aromatic heterocycles. The van der Waals surface area contributed by atoms with E-state index in [1.165, 1.54) is 5.01 Å². The third kappa shape index (κ3) is 6.30. The van der Waals surface area contributed by atoms with Gasteiger partial charge in [0.25, 0.3) is 0 Å². The molecule has 2 aromatic carbocycles. The minimum Gasteiger partial charge on any atom is -0.487 e. The molecule has 1 saturated carbocycles. The number of ether oxygens (including phenoxy) is 2. The highest BCUT2D eigenvalue weighted by atomic mass is 32.1. The van der Waals surface area contributed by atoms with Crippen LogP contribution in [0.3, 0.4) is 0 Å². The average Bonchev–Trinajstić information content (AvgIpc) is 3.61. The topological polar surface area (TPSA) is 92.0 Å². The minimum absolute atomic E-state index is 0.100. The predicted molar refractivity (Wildman–Crippen MR) is 131 cm³/mol. The summed E-state index contributed by atoms with van der Waals surface area (Å²) in [6.45, 7) is 0.783. The maximum absolute atomic E-state index is 12.3. The number of benzene rings is 2. The second-order valence-electron chi connectivity index (χ2n) is 8.78. The maximum Gasteiger partial charge on any atom is 0.306 e. The van der Waals surface area contributed by atoms with Crippen molar-refractivity contribution in [1.29, 1.82) is 0 Å². The predicted octanol–water partition coefficient (Wildman–Crippen LogP) is 5.11. The fourth-order valence-electron chi connectivity index (χ4n) is 4.35. The Morgan fingerprint density at radius 3 is 2.54 bits per heavy atom. The lowest BCUT2D eigenvalue weighted by Gasteiger charge is -2.26. The minimum atomic E-state index is -0.100. The Morgan fingerprint density at radius 1 is 1.00 bits per heavy atom. The third-order valence-corrected chi connectivity index (χ3v) is 7.36. The van der Waals surface area contributed by atoms with Gasteiger partial charge in [-0.3, -0.25) is 4.79 Å². The van der Waals surface area contributed by atoms with E-state index in [9.17, 15) is 4.79 Å². The zero-order chi connectivity index (χ0) is 23.9. The fraction of sp³-hybridized carbons (Fsp3) is 0.346. The average molecular weight is 490 g/mol. The summed E-state index contributed by atoms with van der Waals surface area (Å²) in [5.74, 6) is 1.53. The van der Waals surface area contributed by atoms with Crippen LogP contribution in [0.15, 0.2) is 66.3 Å². The maximum atomic E-state index is 12.3. The first-order valence-corrected chi connectivity index (χ1v) is 12.7. The number of nitrogens with zero attached hydrogens (tertiary/aromatic N) is 5. The molecule has 0 spiro atoms. The highest BCUT2D eigenvalue weighted by Gasteiger charge is 2.26. The Bertz CT molecular complexity index is 1200. The largest absolute Gasteiger partial charge is 0.487 e. The quantitative estimate of drug-likeness (QED) is 0.302. The zero-order valence-electron chi connectivity index (χ0n) is 19.3. The van der Waals surface area contributed by atoms with Crippen molar-refractivity contribution in [3.8, 4) is 11.4 Å². The number of thiazole rings is 1. The van der Waals surface area contributed by atoms with Gasteiger partial charge in [0, 0.05) is 17.7 Å². The van der Waals surface area contributed by atoms with E-state index in [0.717, 1.165) is 48.4 Å². The van der Waals surface area contributed by atoms with Gasteiger partial charge in [-0.1, -0.05) is 30.3 Å². The number of rotatable bonds is 9. The molecule has 0 unspecified atom stereocenters. The van der Waals surface area contributed by atoms with Crippen molar-refractivity contribution in [1.82, 2.24) is 25.2 Å². The van der Waals surface area contributed by atoms with Gasteiger partial charge in [0.05, 0.1) is 16.4 Å². The van der Waals surface area contributed by atoms with Gasteiger partial charge in [0.2, 0.25) is 0 Å². The molecule has 0 N–H and O–H groups in total. The highest BCUT2D eigenvalue weighted by Crippen LogP contribution is 2.38. The molecule has 4 aromatic rings. The molecule has 8 nitrogen and oxygen atoms in total. The molecule has 0 bridgehead atoms. The highest BCUT2D eigenvalue weighted by molar-refractivity contribution is 7.09. The Kier molecular flexibility index (Phi) is 7.43. The van der Waals surface area contributed by atoms with Crippen LogP contribution in [-0.2, 0) is 22.7 Å². The number of tetrazole rings is 1. The third-order valence-electron chi connectivity index (χ3n) is 6.30. The number of carbonyl (C=O) groups is 1. The Labute approximate surface area is 207 Å². The molecule has 1 aliphatic rings. The van der Waals surface area contributed by atoms with Crippen LogP contribution in [0, 0.1) is 5.92 Å². The molecule has 0 aliphatic heterocycles. The second kappa shape index (κ2) is 11.2. The normalized spacial score (nSPS) is 17.7. The molecule has 5 rings (SSSR count). The number of hydrogen-bond acceptors (Lipinski definition) is 8. The molecule has 0 atom stereocenters. The monoisotopic (exact) mass is 489 g/mol. The zero-order valence-corrected chi connectivity index (χ0v) is 20.1. The van der Waals surface area contributed by atoms with Gasteiger partial charge in [0.15, 0.2) is 0 Å². The Hall–Kier alpha value is -3.59. The van der Waals surface area contributed by atoms with Crippen LogP contribution in [0.1, 0.15) is 54.3 Å². The summed E-state index contributed by atoms with van der Waals surface area (Å²) in [5, 5.41) is 14.4. The molecule has 2 heterocycles. The summed E-state index contributed by atoms with van der Waals surface area (Å²) in [5.41, 5.74) is 2.84. The van der Waals surface area contributed by atoms with E-state index < -0.39 is 0 Å². The van der Waals surface area contributed by atoms with Gasteiger partial charge in [-0.05, 0) is 71.9 Å². The summed E-state index contributed by atoms with van der Waals surface area (Å²) < 4.78 is 13.0. The number of esters is 1. The van der Waals surface area contributed by atoms with Gasteiger partial charge in [-0.15, -0.1) is 16.4 Å². The van der Waals surface area contributed by atoms with Crippen molar-refractivity contribution in [2.75, 3.05) is 0 Å². The van der Waals surface area contributed by atoms with Crippen LogP contribution in [0.4, 0.5) is 0 Å². The number of carbonyl (C=O) groups excluding carboxylic acids is 1. The fourth-order valence-corrected chi connectivity index (χ4v) is 5.33. The van der Waals surface area contributed by atoms with Crippen molar-refractivity contribution in [3.63, 3.8) is 0 Å². The molecule has 0 amide bonds. The van der Waals surface area contributed by atoms with E-state index in [2.05, 4.69) is 20.9 Å². The van der Waals surface area contributed by atoms with Gasteiger partial charge >= 0.3 is 5.97 Å². The SMILES string of the molecule is O=C(CC1CCC(c2nc(COc3ccc(-n4cnnn4)cc3)cs2)CC1)OCc1ccccc1. The lowest BCUT2D eigenvalue weighted by molar-refractivity contribution is -0.146. The molecule has 1 aliphatic carbocycles. The van der Waals surface area contributed by atoms with E-state index in [-0.39, 0.29) is 5.97 Å². The Morgan fingerprint density at radius 2 is 1.80 bits per heavy atom. The molecule has 35 heavy (non-hydrogen) atoms. The lowest BCUT2D eigenvalue weighted by Crippen LogP contribution is -2.18. The molecular formula is C26H27N5O3S. The Balaban J connectivity index is 1.05. The standard InChI is InChI=1S/C26H27N5O3S/c32-25(34-15-20-4-2-1-3-5-20)14-19-6-8-21(9-7-19)26-28-22(17-35-26)16-33-24-12-10-23(11-13-24)31-18-27-29-30-31/h1-5,10-13,17-19,21H,6-9,14-16H2. The number of hydrogen-bond donors (Lipinski definition) is 0. The van der Waals surface area contributed by atoms with Crippen molar-refractivity contribution < 1.29 is 14.3 Å². The first-order chi connectivity index (χ1) is 17.2. The number of aromatic nitrogens is 5. The van der Waals surface area contributed by atoms with Crippen molar-refractivity contribution in [3.05, 3.63) is 82.6 Å². The van der Waals surface area contributed by atoms with Crippen molar-refractivity contribution >= 4 is 17.3 Å². The van der Waals surface area contributed by atoms with Gasteiger partial charge in [-0.2, -0.15) is 0 Å². The first-order valence-electron chi connectivity index (χ1n) is 11.8. The summed E-state index contributed by atoms with van der Waals surface area (Å²) in [7, 11) is 0. The summed E-state index contributed by atoms with van der Waals surface area (Å²) in [6.07, 6.45) is 6.24. The van der Waals surface area contributed by atoms with Crippen molar-refractivity contribution in [2.45, 2.75) is 51.2 Å². The van der Waals surface area contributed by atoms with Crippen molar-refractivity contribution in [2.24, 2.45) is 5.92 Å². The van der Waals surface area contributed by atoms with E-state index >= 15 is 0 Å². The van der Waals surface area contributed by atoms with Crippen LogP contribution in [-0.4, -0.2) is 31.2 Å². The van der Waals surface area contributed by atoms with E-state index in [4.69, 9.17) is 14.5 Å². The van der Waals surface area contributed by atoms with E-state index in [1.54, 1.807) is 22.3 Å². The van der Waals surface area contributed by atoms with E-state index in [1.807, 2.05) is 54.6 Å².